The summed E-state index contributed by atoms with van der Waals surface area (Å²) in [6, 6.07) is 6.67. The van der Waals surface area contributed by atoms with E-state index in [9.17, 15) is 14.4 Å². The van der Waals surface area contributed by atoms with Crippen LogP contribution in [-0.2, 0) is 19.1 Å². The molecule has 6 heteroatoms. The zero-order valence-electron chi connectivity index (χ0n) is 16.3. The van der Waals surface area contributed by atoms with Crippen LogP contribution < -0.4 is 0 Å². The van der Waals surface area contributed by atoms with Crippen molar-refractivity contribution in [3.8, 4) is 0 Å². The van der Waals surface area contributed by atoms with Gasteiger partial charge in [-0.15, -0.1) is 0 Å². The fourth-order valence-corrected chi connectivity index (χ4v) is 3.82. The Bertz CT molecular complexity index is 690. The van der Waals surface area contributed by atoms with Crippen LogP contribution in [0.15, 0.2) is 24.3 Å². The summed E-state index contributed by atoms with van der Waals surface area (Å²) in [7, 11) is 0. The monoisotopic (exact) mass is 394 g/mol. The smallest absolute Gasteiger partial charge is 0.323 e. The van der Waals surface area contributed by atoms with Crippen LogP contribution in [0.3, 0.4) is 0 Å². The van der Waals surface area contributed by atoms with Crippen molar-refractivity contribution in [1.29, 1.82) is 0 Å². The summed E-state index contributed by atoms with van der Waals surface area (Å²) in [5.41, 5.74) is -1.28. The summed E-state index contributed by atoms with van der Waals surface area (Å²) in [5, 5.41) is 0.543. The zero-order valence-corrected chi connectivity index (χ0v) is 17.1. The topological polar surface area (TPSA) is 69.7 Å². The number of hydrogen-bond donors (Lipinski definition) is 0. The van der Waals surface area contributed by atoms with E-state index in [0.29, 0.717) is 23.4 Å². The third-order valence-corrected chi connectivity index (χ3v) is 5.72. The van der Waals surface area contributed by atoms with E-state index in [-0.39, 0.29) is 30.8 Å². The first kappa shape index (κ1) is 21.4. The quantitative estimate of drug-likeness (QED) is 0.404. The second-order valence-electron chi connectivity index (χ2n) is 7.64. The number of carbonyl (C=O) groups is 3. The molecule has 0 bridgehead atoms. The number of carbonyl (C=O) groups excluding carboxylic acids is 3. The molecule has 1 atom stereocenters. The van der Waals surface area contributed by atoms with Crippen LogP contribution in [0.1, 0.15) is 57.3 Å². The van der Waals surface area contributed by atoms with Crippen LogP contribution in [0.2, 0.25) is 5.02 Å². The van der Waals surface area contributed by atoms with E-state index in [4.69, 9.17) is 21.1 Å². The summed E-state index contributed by atoms with van der Waals surface area (Å²) in [4.78, 5) is 38.7. The lowest BCUT2D eigenvalue weighted by molar-refractivity contribution is -0.177. The van der Waals surface area contributed by atoms with E-state index in [1.54, 1.807) is 38.1 Å². The maximum absolute atomic E-state index is 13.2. The molecule has 0 radical (unpaired) electrons. The van der Waals surface area contributed by atoms with Crippen molar-refractivity contribution >= 4 is 29.3 Å². The lowest BCUT2D eigenvalue weighted by Crippen LogP contribution is -2.51. The summed E-state index contributed by atoms with van der Waals surface area (Å²) >= 11 is 5.92. The van der Waals surface area contributed by atoms with Gasteiger partial charge in [0.2, 0.25) is 0 Å². The molecule has 1 saturated carbocycles. The number of hydrogen-bond acceptors (Lipinski definition) is 5. The molecule has 0 N–H and O–H groups in total. The third-order valence-electron chi connectivity index (χ3n) is 5.47. The van der Waals surface area contributed by atoms with E-state index in [0.717, 1.165) is 0 Å². The Morgan fingerprint density at radius 2 is 1.52 bits per heavy atom. The number of Topliss-reactive ketones (excluding diaryl/α,β-unsaturated/α-hetero) is 1. The van der Waals surface area contributed by atoms with Gasteiger partial charge in [-0.3, -0.25) is 14.4 Å². The molecule has 0 amide bonds. The molecule has 0 spiro atoms. The van der Waals surface area contributed by atoms with Gasteiger partial charge in [0, 0.05) is 16.5 Å². The second-order valence-corrected chi connectivity index (χ2v) is 8.08. The normalized spacial score (nSPS) is 20.6. The van der Waals surface area contributed by atoms with Crippen molar-refractivity contribution in [2.75, 3.05) is 13.2 Å². The van der Waals surface area contributed by atoms with Crippen LogP contribution >= 0.6 is 11.6 Å². The Labute approximate surface area is 165 Å². The highest BCUT2D eigenvalue weighted by Crippen LogP contribution is 2.51. The van der Waals surface area contributed by atoms with Crippen LogP contribution in [0.25, 0.3) is 0 Å². The highest BCUT2D eigenvalue weighted by Gasteiger charge is 2.57. The van der Waals surface area contributed by atoms with Gasteiger partial charge in [0.25, 0.3) is 0 Å². The summed E-state index contributed by atoms with van der Waals surface area (Å²) in [6.07, 6.45) is 0.926. The molecule has 1 aromatic carbocycles. The molecule has 0 aromatic heterocycles. The summed E-state index contributed by atoms with van der Waals surface area (Å²) in [6.45, 7) is 7.70. The highest BCUT2D eigenvalue weighted by atomic mass is 35.5. The van der Waals surface area contributed by atoms with Crippen molar-refractivity contribution in [1.82, 2.24) is 0 Å². The first-order valence-corrected chi connectivity index (χ1v) is 9.70. The highest BCUT2D eigenvalue weighted by molar-refractivity contribution is 6.30. The Morgan fingerprint density at radius 3 is 2.00 bits per heavy atom. The Morgan fingerprint density at radius 1 is 1.00 bits per heavy atom. The molecule has 1 unspecified atom stereocenters. The fourth-order valence-electron chi connectivity index (χ4n) is 3.69. The predicted octanol–water partition coefficient (Wildman–Crippen LogP) is 4.46. The molecular weight excluding hydrogens is 368 g/mol. The average Bonchev–Trinajstić information content (AvgIpc) is 2.62. The molecule has 1 aliphatic rings. The molecule has 0 saturated heterocycles. The van der Waals surface area contributed by atoms with Gasteiger partial charge in [-0.25, -0.2) is 0 Å². The molecule has 0 heterocycles. The first-order valence-electron chi connectivity index (χ1n) is 9.32. The van der Waals surface area contributed by atoms with E-state index >= 15 is 0 Å². The lowest BCUT2D eigenvalue weighted by Gasteiger charge is -2.45. The third kappa shape index (κ3) is 4.34. The lowest BCUT2D eigenvalue weighted by atomic mass is 9.57. The molecule has 27 heavy (non-hydrogen) atoms. The maximum Gasteiger partial charge on any atom is 0.323 e. The van der Waals surface area contributed by atoms with Gasteiger partial charge >= 0.3 is 11.9 Å². The molecule has 1 fully saturated rings. The average molecular weight is 395 g/mol. The van der Waals surface area contributed by atoms with E-state index < -0.39 is 23.3 Å². The summed E-state index contributed by atoms with van der Waals surface area (Å²) < 4.78 is 10.4. The standard InChI is InChI=1S/C21H27ClO5/c1-5-26-18(24)21(19(25)27-6-2)12-11-20(3,4)16(13-21)17(23)14-7-9-15(22)10-8-14/h7-10,16H,5-6,11-13H2,1-4H3. The van der Waals surface area contributed by atoms with Gasteiger partial charge in [-0.2, -0.15) is 0 Å². The molecule has 2 rings (SSSR count). The van der Waals surface area contributed by atoms with Crippen LogP contribution in [0.5, 0.6) is 0 Å². The first-order chi connectivity index (χ1) is 12.7. The Balaban J connectivity index is 2.42. The zero-order chi connectivity index (χ0) is 20.2. The number of rotatable bonds is 6. The van der Waals surface area contributed by atoms with E-state index in [1.807, 2.05) is 13.8 Å². The largest absolute Gasteiger partial charge is 0.465 e. The second kappa shape index (κ2) is 8.42. The number of ketones is 1. The predicted molar refractivity (Wildman–Crippen MR) is 103 cm³/mol. The molecule has 1 aromatic rings. The Hall–Kier alpha value is -1.88. The van der Waals surface area contributed by atoms with Crippen molar-refractivity contribution in [2.24, 2.45) is 16.7 Å². The maximum atomic E-state index is 13.2. The minimum atomic E-state index is -1.44. The van der Waals surface area contributed by atoms with Gasteiger partial charge < -0.3 is 9.47 Å². The molecular formula is C21H27ClO5. The minimum absolute atomic E-state index is 0.0825. The van der Waals surface area contributed by atoms with Gasteiger partial charge in [-0.1, -0.05) is 25.4 Å². The molecule has 148 valence electrons. The number of ether oxygens (including phenoxy) is 2. The summed E-state index contributed by atoms with van der Waals surface area (Å²) in [5.74, 6) is -1.82. The number of esters is 2. The van der Waals surface area contributed by atoms with Crippen LogP contribution in [0.4, 0.5) is 0 Å². The van der Waals surface area contributed by atoms with Gasteiger partial charge in [0.1, 0.15) is 0 Å². The number of halogens is 1. The van der Waals surface area contributed by atoms with Crippen LogP contribution in [-0.4, -0.2) is 30.9 Å². The molecule has 0 aliphatic heterocycles. The Kier molecular flexibility index (Phi) is 6.68. The molecule has 5 nitrogen and oxygen atoms in total. The van der Waals surface area contributed by atoms with E-state index in [1.165, 1.54) is 0 Å². The minimum Gasteiger partial charge on any atom is -0.465 e. The fraction of sp³-hybridized carbons (Fsp3) is 0.571. The van der Waals surface area contributed by atoms with Gasteiger partial charge in [0.05, 0.1) is 13.2 Å². The van der Waals surface area contributed by atoms with Gasteiger partial charge in [-0.05, 0) is 62.8 Å². The van der Waals surface area contributed by atoms with Crippen molar-refractivity contribution in [3.63, 3.8) is 0 Å². The van der Waals surface area contributed by atoms with Crippen LogP contribution in [0, 0.1) is 16.7 Å². The van der Waals surface area contributed by atoms with Crippen molar-refractivity contribution < 1.29 is 23.9 Å². The van der Waals surface area contributed by atoms with Crippen molar-refractivity contribution in [3.05, 3.63) is 34.9 Å². The SMILES string of the molecule is CCOC(=O)C1(C(=O)OCC)CCC(C)(C)C(C(=O)c2ccc(Cl)cc2)C1. The van der Waals surface area contributed by atoms with Crippen molar-refractivity contribution in [2.45, 2.75) is 47.0 Å². The molecule has 1 aliphatic carbocycles. The van der Waals surface area contributed by atoms with Gasteiger partial charge in [0.15, 0.2) is 11.2 Å². The number of benzene rings is 1. The van der Waals surface area contributed by atoms with E-state index in [2.05, 4.69) is 0 Å².